The van der Waals surface area contributed by atoms with Crippen LogP contribution in [0.3, 0.4) is 0 Å². The van der Waals surface area contributed by atoms with Crippen LogP contribution < -0.4 is 15.4 Å². The second kappa shape index (κ2) is 8.04. The van der Waals surface area contributed by atoms with Crippen LogP contribution in [-0.4, -0.2) is 28.2 Å². The van der Waals surface area contributed by atoms with Crippen molar-refractivity contribution >= 4 is 28.7 Å². The van der Waals surface area contributed by atoms with Crippen LogP contribution in [0.25, 0.3) is 0 Å². The van der Waals surface area contributed by atoms with E-state index in [1.165, 1.54) is 23.5 Å². The molecule has 2 N–H and O–H groups in total. The molecule has 0 radical (unpaired) electrons. The highest BCUT2D eigenvalue weighted by atomic mass is 32.1. The Morgan fingerprint density at radius 2 is 1.88 bits per heavy atom. The average Bonchev–Trinajstić information content (AvgIpc) is 3.36. The molecule has 0 fully saturated rings. The van der Waals surface area contributed by atoms with E-state index in [0.29, 0.717) is 4.88 Å². The number of nitrogens with one attached hydrogen (secondary N) is 2. The molecule has 1 aliphatic heterocycles. The number of rotatable bonds is 4. The van der Waals surface area contributed by atoms with Gasteiger partial charge in [-0.1, -0.05) is 6.07 Å². The fourth-order valence-electron chi connectivity index (χ4n) is 3.34. The van der Waals surface area contributed by atoms with Gasteiger partial charge in [0, 0.05) is 17.0 Å². The summed E-state index contributed by atoms with van der Waals surface area (Å²) in [6.45, 7) is 0. The summed E-state index contributed by atoms with van der Waals surface area (Å²) >= 11 is 1.29. The Kier molecular flexibility index (Phi) is 5.53. The van der Waals surface area contributed by atoms with E-state index in [0.717, 1.165) is 23.0 Å². The van der Waals surface area contributed by atoms with Crippen LogP contribution in [-0.2, 0) is 0 Å². The number of aromatic nitrogens is 2. The summed E-state index contributed by atoms with van der Waals surface area (Å²) in [5.41, 5.74) is -0.00131. The summed E-state index contributed by atoms with van der Waals surface area (Å²) in [6, 6.07) is 5.18. The summed E-state index contributed by atoms with van der Waals surface area (Å²) in [6.07, 6.45) is -8.71. The summed E-state index contributed by atoms with van der Waals surface area (Å²) in [7, 11) is 0. The first-order valence-corrected chi connectivity index (χ1v) is 10.0. The highest BCUT2D eigenvalue weighted by molar-refractivity contribution is 7.10. The third kappa shape index (κ3) is 4.66. The lowest BCUT2D eigenvalue weighted by molar-refractivity contribution is -0.274. The lowest BCUT2D eigenvalue weighted by atomic mass is 10.0. The number of fused-ring (bicyclic) bond motifs is 1. The monoisotopic (exact) mass is 476 g/mol. The van der Waals surface area contributed by atoms with Crippen molar-refractivity contribution in [2.75, 3.05) is 10.6 Å². The van der Waals surface area contributed by atoms with Gasteiger partial charge in [-0.25, -0.2) is 4.68 Å². The summed E-state index contributed by atoms with van der Waals surface area (Å²) in [5, 5.41) is 10.9. The van der Waals surface area contributed by atoms with Crippen molar-refractivity contribution in [2.24, 2.45) is 0 Å². The van der Waals surface area contributed by atoms with E-state index in [2.05, 4.69) is 20.5 Å². The Morgan fingerprint density at radius 3 is 2.47 bits per heavy atom. The Bertz CT molecular complexity index is 1090. The summed E-state index contributed by atoms with van der Waals surface area (Å²) in [5.74, 6) is -1.34. The molecule has 0 unspecified atom stereocenters. The summed E-state index contributed by atoms with van der Waals surface area (Å²) in [4.78, 5) is 13.4. The van der Waals surface area contributed by atoms with E-state index >= 15 is 0 Å². The molecule has 13 heteroatoms. The van der Waals surface area contributed by atoms with Gasteiger partial charge in [0.2, 0.25) is 0 Å². The van der Waals surface area contributed by atoms with Crippen molar-refractivity contribution < 1.29 is 35.9 Å². The Balaban J connectivity index is 1.58. The molecule has 3 heterocycles. The third-order valence-corrected chi connectivity index (χ3v) is 5.70. The second-order valence-electron chi connectivity index (χ2n) is 6.88. The Morgan fingerprint density at radius 1 is 1.16 bits per heavy atom. The molecule has 2 aromatic heterocycles. The molecule has 0 saturated heterocycles. The molecule has 3 aromatic rings. The van der Waals surface area contributed by atoms with Crippen molar-refractivity contribution in [1.82, 2.24) is 9.78 Å². The molecule has 1 aromatic carbocycles. The first kappa shape index (κ1) is 22.0. The maximum Gasteiger partial charge on any atom is 0.573 e. The molecule has 0 saturated carbocycles. The van der Waals surface area contributed by atoms with Crippen molar-refractivity contribution in [1.29, 1.82) is 0 Å². The van der Waals surface area contributed by atoms with Crippen LogP contribution in [0.4, 0.5) is 37.8 Å². The zero-order valence-electron chi connectivity index (χ0n) is 15.9. The highest BCUT2D eigenvalue weighted by Gasteiger charge is 2.47. The van der Waals surface area contributed by atoms with Gasteiger partial charge in [-0.15, -0.1) is 24.5 Å². The standard InChI is InChI=1S/C19H14F6N4O2S/c20-18(21,22)15-8-13(14-2-1-7-32-14)28-16-12(9-26-29(15)16)17(30)27-10-3-5-11(6-4-10)31-19(23,24)25/h1-7,9,13,15,28H,8H2,(H,27,30)/t13-,15+/m0/s1. The van der Waals surface area contributed by atoms with Gasteiger partial charge in [0.15, 0.2) is 6.04 Å². The van der Waals surface area contributed by atoms with E-state index in [9.17, 15) is 31.1 Å². The molecule has 1 aliphatic rings. The van der Waals surface area contributed by atoms with Crippen LogP contribution in [0.15, 0.2) is 48.0 Å². The third-order valence-electron chi connectivity index (χ3n) is 4.72. The van der Waals surface area contributed by atoms with E-state index in [1.54, 1.807) is 17.5 Å². The van der Waals surface area contributed by atoms with Gasteiger partial charge in [-0.2, -0.15) is 18.3 Å². The van der Waals surface area contributed by atoms with Gasteiger partial charge in [0.25, 0.3) is 5.91 Å². The van der Waals surface area contributed by atoms with E-state index < -0.39 is 36.3 Å². The van der Waals surface area contributed by atoms with Crippen LogP contribution in [0.1, 0.15) is 33.7 Å². The number of alkyl halides is 6. The minimum absolute atomic E-state index is 0.0912. The average molecular weight is 476 g/mol. The second-order valence-corrected chi connectivity index (χ2v) is 7.86. The van der Waals surface area contributed by atoms with Gasteiger partial charge < -0.3 is 15.4 Å². The quantitative estimate of drug-likeness (QED) is 0.470. The number of hydrogen-bond donors (Lipinski definition) is 2. The zero-order chi connectivity index (χ0) is 23.1. The van der Waals surface area contributed by atoms with E-state index in [-0.39, 0.29) is 23.5 Å². The SMILES string of the molecule is O=C(Nc1ccc(OC(F)(F)F)cc1)c1cnn2c1N[C@H](c1cccs1)C[C@@H]2C(F)(F)F. The van der Waals surface area contributed by atoms with Gasteiger partial charge in [-0.05, 0) is 35.7 Å². The predicted molar refractivity (Wildman–Crippen MR) is 104 cm³/mol. The number of ether oxygens (including phenoxy) is 1. The smallest absolute Gasteiger partial charge is 0.406 e. The van der Waals surface area contributed by atoms with Crippen LogP contribution in [0, 0.1) is 0 Å². The maximum absolute atomic E-state index is 13.7. The fraction of sp³-hybridized carbons (Fsp3) is 0.263. The molecule has 170 valence electrons. The topological polar surface area (TPSA) is 68.2 Å². The van der Waals surface area contributed by atoms with Crippen molar-refractivity contribution in [2.45, 2.75) is 31.0 Å². The Hall–Kier alpha value is -3.22. The number of amides is 1. The van der Waals surface area contributed by atoms with Crippen molar-refractivity contribution in [3.63, 3.8) is 0 Å². The van der Waals surface area contributed by atoms with Gasteiger partial charge >= 0.3 is 12.5 Å². The molecule has 1 amide bonds. The lowest BCUT2D eigenvalue weighted by Crippen LogP contribution is -2.36. The van der Waals surface area contributed by atoms with Gasteiger partial charge in [0.1, 0.15) is 17.1 Å². The van der Waals surface area contributed by atoms with E-state index in [4.69, 9.17) is 0 Å². The highest BCUT2D eigenvalue weighted by Crippen LogP contribution is 2.45. The normalized spacial score (nSPS) is 18.6. The number of carbonyl (C=O) groups is 1. The number of anilines is 2. The molecule has 0 aliphatic carbocycles. The zero-order valence-corrected chi connectivity index (χ0v) is 16.7. The van der Waals surface area contributed by atoms with Crippen LogP contribution >= 0.6 is 11.3 Å². The van der Waals surface area contributed by atoms with Gasteiger partial charge in [0.05, 0.1) is 12.2 Å². The number of benzene rings is 1. The maximum atomic E-state index is 13.7. The summed E-state index contributed by atoms with van der Waals surface area (Å²) < 4.78 is 82.3. The van der Waals surface area contributed by atoms with E-state index in [1.807, 2.05) is 0 Å². The van der Waals surface area contributed by atoms with Crippen molar-refractivity contribution in [3.05, 3.63) is 58.4 Å². The van der Waals surface area contributed by atoms with Crippen LogP contribution in [0.2, 0.25) is 0 Å². The molecule has 2 atom stereocenters. The largest absolute Gasteiger partial charge is 0.573 e. The molecule has 32 heavy (non-hydrogen) atoms. The predicted octanol–water partition coefficient (Wildman–Crippen LogP) is 5.76. The molecular formula is C19H14F6N4O2S. The molecule has 4 rings (SSSR count). The molecule has 6 nitrogen and oxygen atoms in total. The fourth-order valence-corrected chi connectivity index (χ4v) is 4.13. The van der Waals surface area contributed by atoms with Gasteiger partial charge in [-0.3, -0.25) is 4.79 Å². The number of halogens is 6. The molecule has 0 spiro atoms. The minimum atomic E-state index is -4.86. The van der Waals surface area contributed by atoms with Crippen LogP contribution in [0.5, 0.6) is 5.75 Å². The lowest BCUT2D eigenvalue weighted by Gasteiger charge is -2.33. The number of nitrogens with zero attached hydrogens (tertiary/aromatic N) is 2. The minimum Gasteiger partial charge on any atom is -0.406 e. The Labute approximate surface area is 180 Å². The number of carbonyl (C=O) groups excluding carboxylic acids is 1. The van der Waals surface area contributed by atoms with Crippen molar-refractivity contribution in [3.8, 4) is 5.75 Å². The molecule has 0 bridgehead atoms. The first-order valence-electron chi connectivity index (χ1n) is 9.12. The first-order chi connectivity index (χ1) is 15.0. The number of hydrogen-bond acceptors (Lipinski definition) is 5. The number of thiophene rings is 1. The molecular weight excluding hydrogens is 462 g/mol.